The minimum atomic E-state index is -0.954. The van der Waals surface area contributed by atoms with Crippen molar-refractivity contribution in [2.45, 2.75) is 20.1 Å². The summed E-state index contributed by atoms with van der Waals surface area (Å²) in [6.07, 6.45) is -0.954. The largest absolute Gasteiger partial charge is 0.492 e. The quantitative estimate of drug-likeness (QED) is 0.485. The van der Waals surface area contributed by atoms with Gasteiger partial charge in [-0.25, -0.2) is 0 Å². The third-order valence-electron chi connectivity index (χ3n) is 0.810. The van der Waals surface area contributed by atoms with Crippen LogP contribution in [0.3, 0.4) is 0 Å². The van der Waals surface area contributed by atoms with E-state index in [1.54, 1.807) is 13.8 Å². The smallest absolute Gasteiger partial charge is 0.231 e. The molecule has 0 amide bonds. The van der Waals surface area contributed by atoms with E-state index in [-0.39, 0.29) is 6.61 Å². The standard InChI is InChI=1S/C8H14O3/c1-6(2)10-5-8(9)11-7(3)4/h8-9H,1,3,5H2,2,4H3. The summed E-state index contributed by atoms with van der Waals surface area (Å²) >= 11 is 0. The maximum absolute atomic E-state index is 9.02. The number of aliphatic hydroxyl groups is 1. The van der Waals surface area contributed by atoms with E-state index in [1.165, 1.54) is 0 Å². The lowest BCUT2D eigenvalue weighted by Crippen LogP contribution is -2.17. The summed E-state index contributed by atoms with van der Waals surface area (Å²) in [5.41, 5.74) is 0. The number of rotatable bonds is 5. The van der Waals surface area contributed by atoms with Gasteiger partial charge in [0.2, 0.25) is 6.29 Å². The highest BCUT2D eigenvalue weighted by molar-refractivity contribution is 4.76. The number of allylic oxidation sites excluding steroid dienone is 2. The van der Waals surface area contributed by atoms with Gasteiger partial charge in [-0.05, 0) is 13.8 Å². The van der Waals surface area contributed by atoms with Gasteiger partial charge < -0.3 is 14.6 Å². The molecule has 1 unspecified atom stereocenters. The Kier molecular flexibility index (Phi) is 4.38. The molecule has 1 atom stereocenters. The van der Waals surface area contributed by atoms with Crippen LogP contribution >= 0.6 is 0 Å². The van der Waals surface area contributed by atoms with Gasteiger partial charge in [-0.1, -0.05) is 13.2 Å². The molecule has 0 spiro atoms. The lowest BCUT2D eigenvalue weighted by molar-refractivity contribution is -0.0997. The lowest BCUT2D eigenvalue weighted by Gasteiger charge is -2.13. The van der Waals surface area contributed by atoms with Crippen LogP contribution < -0.4 is 0 Å². The molecule has 3 nitrogen and oxygen atoms in total. The summed E-state index contributed by atoms with van der Waals surface area (Å²) < 4.78 is 9.69. The molecule has 64 valence electrons. The molecule has 0 aliphatic heterocycles. The Morgan fingerprint density at radius 1 is 1.36 bits per heavy atom. The van der Waals surface area contributed by atoms with Crippen molar-refractivity contribution in [2.75, 3.05) is 6.61 Å². The first-order valence-corrected chi connectivity index (χ1v) is 3.31. The highest BCUT2D eigenvalue weighted by Crippen LogP contribution is 1.99. The van der Waals surface area contributed by atoms with Crippen molar-refractivity contribution in [2.24, 2.45) is 0 Å². The van der Waals surface area contributed by atoms with Crippen molar-refractivity contribution in [3.05, 3.63) is 24.7 Å². The monoisotopic (exact) mass is 158 g/mol. The first-order valence-electron chi connectivity index (χ1n) is 3.31. The fourth-order valence-electron chi connectivity index (χ4n) is 0.480. The molecule has 0 rings (SSSR count). The molecule has 0 aliphatic carbocycles. The summed E-state index contributed by atoms with van der Waals surface area (Å²) in [5.74, 6) is 1.01. The van der Waals surface area contributed by atoms with E-state index in [9.17, 15) is 0 Å². The van der Waals surface area contributed by atoms with E-state index in [4.69, 9.17) is 14.6 Å². The summed E-state index contributed by atoms with van der Waals surface area (Å²) in [5, 5.41) is 9.02. The molecule has 0 bridgehead atoms. The molecule has 0 aromatic carbocycles. The van der Waals surface area contributed by atoms with E-state index in [0.29, 0.717) is 11.5 Å². The zero-order valence-electron chi connectivity index (χ0n) is 6.96. The van der Waals surface area contributed by atoms with Crippen molar-refractivity contribution >= 4 is 0 Å². The van der Waals surface area contributed by atoms with E-state index in [2.05, 4.69) is 13.2 Å². The molecule has 0 aromatic rings. The first-order chi connectivity index (χ1) is 5.02. The SMILES string of the molecule is C=C(C)OCC(O)OC(=C)C. The van der Waals surface area contributed by atoms with Crippen molar-refractivity contribution in [3.63, 3.8) is 0 Å². The average Bonchev–Trinajstić information content (AvgIpc) is 1.82. The van der Waals surface area contributed by atoms with Gasteiger partial charge in [-0.15, -0.1) is 0 Å². The predicted octanol–water partition coefficient (Wildman–Crippen LogP) is 1.41. The van der Waals surface area contributed by atoms with Crippen LogP contribution in [0.5, 0.6) is 0 Å². The van der Waals surface area contributed by atoms with Crippen molar-refractivity contribution < 1.29 is 14.6 Å². The van der Waals surface area contributed by atoms with Crippen LogP contribution in [0, 0.1) is 0 Å². The van der Waals surface area contributed by atoms with Crippen LogP contribution in [0.4, 0.5) is 0 Å². The Labute approximate surface area is 66.9 Å². The van der Waals surface area contributed by atoms with Gasteiger partial charge in [-0.2, -0.15) is 0 Å². The van der Waals surface area contributed by atoms with E-state index < -0.39 is 6.29 Å². The molecule has 0 aliphatic rings. The molecular formula is C8H14O3. The van der Waals surface area contributed by atoms with Crippen LogP contribution in [0.15, 0.2) is 24.7 Å². The summed E-state index contributed by atoms with van der Waals surface area (Å²) in [6, 6.07) is 0. The fraction of sp³-hybridized carbons (Fsp3) is 0.500. The van der Waals surface area contributed by atoms with Gasteiger partial charge in [-0.3, -0.25) is 0 Å². The topological polar surface area (TPSA) is 38.7 Å². The molecule has 3 heteroatoms. The van der Waals surface area contributed by atoms with Crippen LogP contribution in [0.2, 0.25) is 0 Å². The molecule has 1 N–H and O–H groups in total. The molecule has 0 saturated carbocycles. The van der Waals surface area contributed by atoms with Crippen LogP contribution in [-0.4, -0.2) is 18.0 Å². The van der Waals surface area contributed by atoms with Crippen molar-refractivity contribution in [1.29, 1.82) is 0 Å². The van der Waals surface area contributed by atoms with Gasteiger partial charge in [0, 0.05) is 0 Å². The second kappa shape index (κ2) is 4.79. The maximum atomic E-state index is 9.02. The maximum Gasteiger partial charge on any atom is 0.231 e. The van der Waals surface area contributed by atoms with Gasteiger partial charge in [0.1, 0.15) is 6.61 Å². The van der Waals surface area contributed by atoms with Crippen molar-refractivity contribution in [3.8, 4) is 0 Å². The first kappa shape index (κ1) is 10.0. The molecular weight excluding hydrogens is 144 g/mol. The van der Waals surface area contributed by atoms with E-state index in [0.717, 1.165) is 0 Å². The molecule has 0 radical (unpaired) electrons. The predicted molar refractivity (Wildman–Crippen MR) is 42.7 cm³/mol. The van der Waals surface area contributed by atoms with Crippen LogP contribution in [-0.2, 0) is 9.47 Å². The normalized spacial score (nSPS) is 11.9. The van der Waals surface area contributed by atoms with Gasteiger partial charge in [0.15, 0.2) is 0 Å². The second-order valence-corrected chi connectivity index (χ2v) is 2.29. The second-order valence-electron chi connectivity index (χ2n) is 2.29. The number of hydrogen-bond acceptors (Lipinski definition) is 3. The third kappa shape index (κ3) is 6.93. The fourth-order valence-corrected chi connectivity index (χ4v) is 0.480. The average molecular weight is 158 g/mol. The summed E-state index contributed by atoms with van der Waals surface area (Å²) in [6.45, 7) is 10.4. The number of hydrogen-bond donors (Lipinski definition) is 1. The molecule has 0 heterocycles. The minimum Gasteiger partial charge on any atom is -0.492 e. The Hall–Kier alpha value is -0.960. The molecule has 11 heavy (non-hydrogen) atoms. The zero-order chi connectivity index (χ0) is 8.85. The molecule has 0 fully saturated rings. The van der Waals surface area contributed by atoms with Gasteiger partial charge in [0.05, 0.1) is 11.5 Å². The lowest BCUT2D eigenvalue weighted by atomic mass is 10.6. The Balaban J connectivity index is 3.44. The summed E-state index contributed by atoms with van der Waals surface area (Å²) in [4.78, 5) is 0. The highest BCUT2D eigenvalue weighted by Gasteiger charge is 2.03. The van der Waals surface area contributed by atoms with E-state index in [1.807, 2.05) is 0 Å². The van der Waals surface area contributed by atoms with Gasteiger partial charge in [0.25, 0.3) is 0 Å². The molecule has 0 saturated heterocycles. The third-order valence-corrected chi connectivity index (χ3v) is 0.810. The number of aliphatic hydroxyl groups excluding tert-OH is 1. The Morgan fingerprint density at radius 3 is 2.27 bits per heavy atom. The van der Waals surface area contributed by atoms with Crippen molar-refractivity contribution in [1.82, 2.24) is 0 Å². The zero-order valence-corrected chi connectivity index (χ0v) is 6.96. The Bertz CT molecular complexity index is 151. The van der Waals surface area contributed by atoms with Crippen LogP contribution in [0.1, 0.15) is 13.8 Å². The minimum absolute atomic E-state index is 0.0855. The summed E-state index contributed by atoms with van der Waals surface area (Å²) in [7, 11) is 0. The van der Waals surface area contributed by atoms with E-state index >= 15 is 0 Å². The molecule has 0 aromatic heterocycles. The highest BCUT2D eigenvalue weighted by atomic mass is 16.6. The number of ether oxygens (including phenoxy) is 2. The van der Waals surface area contributed by atoms with Gasteiger partial charge >= 0.3 is 0 Å². The van der Waals surface area contributed by atoms with Crippen LogP contribution in [0.25, 0.3) is 0 Å². The Morgan fingerprint density at radius 2 is 1.91 bits per heavy atom.